The zero-order valence-corrected chi connectivity index (χ0v) is 10.6. The molecule has 0 atom stereocenters. The summed E-state index contributed by atoms with van der Waals surface area (Å²) in [6.45, 7) is -0.319. The molecule has 8 heteroatoms. The summed E-state index contributed by atoms with van der Waals surface area (Å²) >= 11 is 0. The molecule has 2 rings (SSSR count). The zero-order chi connectivity index (χ0) is 15.5. The number of hydrogen-bond acceptors (Lipinski definition) is 3. The fourth-order valence-electron chi connectivity index (χ4n) is 1.59. The highest BCUT2D eigenvalue weighted by atomic mass is 19.4. The van der Waals surface area contributed by atoms with E-state index in [1.54, 1.807) is 0 Å². The minimum Gasteiger partial charge on any atom is -0.324 e. The Balaban J connectivity index is 2.03. The summed E-state index contributed by atoms with van der Waals surface area (Å²) in [6, 6.07) is 6.69. The van der Waals surface area contributed by atoms with Crippen molar-refractivity contribution < 1.29 is 18.0 Å². The molecule has 1 amide bonds. The van der Waals surface area contributed by atoms with E-state index in [9.17, 15) is 22.8 Å². The summed E-state index contributed by atoms with van der Waals surface area (Å²) in [5.74, 6) is -0.560. The summed E-state index contributed by atoms with van der Waals surface area (Å²) in [5, 5.41) is 6.09. The van der Waals surface area contributed by atoms with Crippen molar-refractivity contribution in [2.45, 2.75) is 12.7 Å². The standard InChI is InChI=1S/C13H10F3N3O2/c14-13(15,16)9-3-5-10(6-4-9)18-11(20)8-19-12(21)2-1-7-17-19/h1-7H,8H2,(H,18,20). The molecule has 21 heavy (non-hydrogen) atoms. The average Bonchev–Trinajstić information content (AvgIpc) is 2.41. The Morgan fingerprint density at radius 3 is 2.43 bits per heavy atom. The van der Waals surface area contributed by atoms with Crippen LogP contribution in [0.3, 0.4) is 0 Å². The number of rotatable bonds is 3. The fourth-order valence-corrected chi connectivity index (χ4v) is 1.59. The Morgan fingerprint density at radius 1 is 1.19 bits per heavy atom. The van der Waals surface area contributed by atoms with E-state index in [1.165, 1.54) is 18.3 Å². The van der Waals surface area contributed by atoms with Crippen LogP contribution in [0.2, 0.25) is 0 Å². The van der Waals surface area contributed by atoms with E-state index in [-0.39, 0.29) is 12.2 Å². The Kier molecular flexibility index (Phi) is 4.06. The number of aromatic nitrogens is 2. The molecule has 1 aromatic heterocycles. The van der Waals surface area contributed by atoms with Crippen molar-refractivity contribution in [2.24, 2.45) is 0 Å². The van der Waals surface area contributed by atoms with Crippen LogP contribution in [-0.2, 0) is 17.5 Å². The molecule has 0 unspecified atom stereocenters. The topological polar surface area (TPSA) is 64.0 Å². The number of halogens is 3. The molecule has 1 N–H and O–H groups in total. The maximum Gasteiger partial charge on any atom is 0.416 e. The average molecular weight is 297 g/mol. The number of carbonyl (C=O) groups excluding carboxylic acids is 1. The summed E-state index contributed by atoms with van der Waals surface area (Å²) in [7, 11) is 0. The summed E-state index contributed by atoms with van der Waals surface area (Å²) in [5.41, 5.74) is -1.04. The van der Waals surface area contributed by atoms with Crippen LogP contribution < -0.4 is 10.9 Å². The fraction of sp³-hybridized carbons (Fsp3) is 0.154. The van der Waals surface area contributed by atoms with Gasteiger partial charge in [0.2, 0.25) is 5.91 Å². The van der Waals surface area contributed by atoms with Crippen LogP contribution in [0.15, 0.2) is 47.4 Å². The van der Waals surface area contributed by atoms with E-state index >= 15 is 0 Å². The Bertz CT molecular complexity index is 693. The molecule has 0 saturated carbocycles. The first kappa shape index (κ1) is 14.8. The number of nitrogens with zero attached hydrogens (tertiary/aromatic N) is 2. The summed E-state index contributed by atoms with van der Waals surface area (Å²) in [6.07, 6.45) is -3.07. The van der Waals surface area contributed by atoms with Crippen molar-refractivity contribution in [2.75, 3.05) is 5.32 Å². The number of nitrogens with one attached hydrogen (secondary N) is 1. The Morgan fingerprint density at radius 2 is 1.86 bits per heavy atom. The summed E-state index contributed by atoms with van der Waals surface area (Å²) in [4.78, 5) is 23.0. The van der Waals surface area contributed by atoms with Crippen molar-refractivity contribution in [1.82, 2.24) is 9.78 Å². The lowest BCUT2D eigenvalue weighted by Gasteiger charge is -2.09. The monoisotopic (exact) mass is 297 g/mol. The molecule has 5 nitrogen and oxygen atoms in total. The molecule has 0 aliphatic carbocycles. The second-order valence-corrected chi connectivity index (χ2v) is 4.14. The van der Waals surface area contributed by atoms with Crippen LogP contribution >= 0.6 is 0 Å². The molecule has 0 fully saturated rings. The lowest BCUT2D eigenvalue weighted by Crippen LogP contribution is -2.28. The van der Waals surface area contributed by atoms with Crippen LogP contribution in [-0.4, -0.2) is 15.7 Å². The second kappa shape index (κ2) is 5.78. The third kappa shape index (κ3) is 3.91. The van der Waals surface area contributed by atoms with Gasteiger partial charge in [0.05, 0.1) is 5.56 Å². The molecule has 1 heterocycles. The first-order valence-corrected chi connectivity index (χ1v) is 5.85. The van der Waals surface area contributed by atoms with Gasteiger partial charge in [-0.15, -0.1) is 0 Å². The SMILES string of the molecule is O=C(Cn1ncccc1=O)Nc1ccc(C(F)(F)F)cc1. The predicted molar refractivity (Wildman–Crippen MR) is 68.6 cm³/mol. The van der Waals surface area contributed by atoms with Gasteiger partial charge < -0.3 is 5.32 Å². The van der Waals surface area contributed by atoms with E-state index in [1.807, 2.05) is 0 Å². The molecule has 0 bridgehead atoms. The van der Waals surface area contributed by atoms with Crippen molar-refractivity contribution in [3.63, 3.8) is 0 Å². The van der Waals surface area contributed by atoms with Crippen molar-refractivity contribution in [3.05, 3.63) is 58.5 Å². The molecular formula is C13H10F3N3O2. The predicted octanol–water partition coefficient (Wildman–Crippen LogP) is 1.90. The highest BCUT2D eigenvalue weighted by molar-refractivity contribution is 5.90. The number of anilines is 1. The van der Waals surface area contributed by atoms with Crippen molar-refractivity contribution >= 4 is 11.6 Å². The molecular weight excluding hydrogens is 287 g/mol. The van der Waals surface area contributed by atoms with Crippen LogP contribution in [0.1, 0.15) is 5.56 Å². The number of benzene rings is 1. The van der Waals surface area contributed by atoms with Crippen LogP contribution in [0.25, 0.3) is 0 Å². The maximum atomic E-state index is 12.4. The smallest absolute Gasteiger partial charge is 0.324 e. The van der Waals surface area contributed by atoms with Gasteiger partial charge in [0, 0.05) is 18.0 Å². The second-order valence-electron chi connectivity index (χ2n) is 4.14. The number of amides is 1. The molecule has 1 aromatic carbocycles. The van der Waals surface area contributed by atoms with Crippen LogP contribution in [0, 0.1) is 0 Å². The Labute approximate surface area is 117 Å². The molecule has 0 aliphatic heterocycles. The highest BCUT2D eigenvalue weighted by Crippen LogP contribution is 2.29. The lowest BCUT2D eigenvalue weighted by atomic mass is 10.2. The largest absolute Gasteiger partial charge is 0.416 e. The van der Waals surface area contributed by atoms with Crippen LogP contribution in [0.5, 0.6) is 0 Å². The first-order valence-electron chi connectivity index (χ1n) is 5.85. The lowest BCUT2D eigenvalue weighted by molar-refractivity contribution is -0.137. The van der Waals surface area contributed by atoms with Gasteiger partial charge in [-0.05, 0) is 30.3 Å². The highest BCUT2D eigenvalue weighted by Gasteiger charge is 2.29. The van der Waals surface area contributed by atoms with E-state index in [2.05, 4.69) is 10.4 Å². The minimum absolute atomic E-state index is 0.206. The molecule has 110 valence electrons. The molecule has 0 saturated heterocycles. The number of hydrogen-bond donors (Lipinski definition) is 1. The van der Waals surface area contributed by atoms with Gasteiger partial charge in [-0.2, -0.15) is 18.3 Å². The third-order valence-corrected chi connectivity index (χ3v) is 2.57. The maximum absolute atomic E-state index is 12.4. The normalized spacial score (nSPS) is 11.2. The molecule has 2 aromatic rings. The van der Waals surface area contributed by atoms with Crippen LogP contribution in [0.4, 0.5) is 18.9 Å². The first-order chi connectivity index (χ1) is 9.86. The van der Waals surface area contributed by atoms with Gasteiger partial charge in [0.25, 0.3) is 5.56 Å². The van der Waals surface area contributed by atoms with Gasteiger partial charge in [-0.25, -0.2) is 4.68 Å². The number of alkyl halides is 3. The number of carbonyl (C=O) groups is 1. The summed E-state index contributed by atoms with van der Waals surface area (Å²) < 4.78 is 38.1. The van der Waals surface area contributed by atoms with Gasteiger partial charge in [0.15, 0.2) is 0 Å². The molecule has 0 spiro atoms. The van der Waals surface area contributed by atoms with E-state index in [4.69, 9.17) is 0 Å². The van der Waals surface area contributed by atoms with E-state index in [0.717, 1.165) is 28.9 Å². The molecule has 0 radical (unpaired) electrons. The quantitative estimate of drug-likeness (QED) is 0.941. The van der Waals surface area contributed by atoms with Gasteiger partial charge in [-0.3, -0.25) is 9.59 Å². The van der Waals surface area contributed by atoms with E-state index in [0.29, 0.717) is 0 Å². The van der Waals surface area contributed by atoms with Crippen molar-refractivity contribution in [1.29, 1.82) is 0 Å². The molecule has 0 aliphatic rings. The van der Waals surface area contributed by atoms with Crippen molar-refractivity contribution in [3.8, 4) is 0 Å². The Hall–Kier alpha value is -2.64. The van der Waals surface area contributed by atoms with Gasteiger partial charge in [0.1, 0.15) is 6.54 Å². The van der Waals surface area contributed by atoms with E-state index < -0.39 is 23.2 Å². The van der Waals surface area contributed by atoms with Gasteiger partial charge >= 0.3 is 6.18 Å². The van der Waals surface area contributed by atoms with Gasteiger partial charge in [-0.1, -0.05) is 0 Å². The minimum atomic E-state index is -4.43. The third-order valence-electron chi connectivity index (χ3n) is 2.57. The zero-order valence-electron chi connectivity index (χ0n) is 10.6.